The Morgan fingerprint density at radius 3 is 2.72 bits per heavy atom. The smallest absolute Gasteiger partial charge is 0.254 e. The van der Waals surface area contributed by atoms with Crippen molar-refractivity contribution in [1.29, 1.82) is 5.26 Å². The highest BCUT2D eigenvalue weighted by molar-refractivity contribution is 6.32. The zero-order chi connectivity index (χ0) is 17.6. The van der Waals surface area contributed by atoms with Crippen molar-refractivity contribution >= 4 is 23.3 Å². The van der Waals surface area contributed by atoms with Gasteiger partial charge in [-0.05, 0) is 31.5 Å². The summed E-state index contributed by atoms with van der Waals surface area (Å²) in [4.78, 5) is 25.9. The molecule has 1 amide bonds. The van der Waals surface area contributed by atoms with Crippen molar-refractivity contribution in [3.05, 3.63) is 51.4 Å². The van der Waals surface area contributed by atoms with Crippen LogP contribution in [-0.2, 0) is 13.1 Å². The Morgan fingerprint density at radius 2 is 2.08 bits per heavy atom. The van der Waals surface area contributed by atoms with E-state index in [4.69, 9.17) is 16.9 Å². The molecule has 2 aliphatic heterocycles. The van der Waals surface area contributed by atoms with E-state index in [0.717, 1.165) is 36.0 Å². The molecule has 0 spiro atoms. The molecule has 0 unspecified atom stereocenters. The van der Waals surface area contributed by atoms with E-state index >= 15 is 0 Å². The molecule has 0 saturated carbocycles. The number of rotatable bonds is 2. The van der Waals surface area contributed by atoms with Crippen LogP contribution in [0.3, 0.4) is 0 Å². The molecule has 25 heavy (non-hydrogen) atoms. The largest absolute Gasteiger partial charge is 0.356 e. The quantitative estimate of drug-likeness (QED) is 0.829. The van der Waals surface area contributed by atoms with Gasteiger partial charge in [0.15, 0.2) is 0 Å². The summed E-state index contributed by atoms with van der Waals surface area (Å²) in [5.41, 5.74) is 2.80. The number of aryl methyl sites for hydroxylation is 1. The highest BCUT2D eigenvalue weighted by Crippen LogP contribution is 2.32. The molecular formula is C18H16ClN5O. The van der Waals surface area contributed by atoms with Crippen LogP contribution in [0, 0.1) is 18.3 Å². The normalized spacial score (nSPS) is 15.6. The Bertz CT molecular complexity index is 916. The zero-order valence-electron chi connectivity index (χ0n) is 13.8. The predicted octanol–water partition coefficient (Wildman–Crippen LogP) is 2.68. The van der Waals surface area contributed by atoms with Crippen LogP contribution in [0.2, 0.25) is 5.02 Å². The van der Waals surface area contributed by atoms with E-state index in [1.165, 1.54) is 6.42 Å². The molecule has 1 fully saturated rings. The summed E-state index contributed by atoms with van der Waals surface area (Å²) < 4.78 is 0. The lowest BCUT2D eigenvalue weighted by Crippen LogP contribution is -2.38. The van der Waals surface area contributed by atoms with Gasteiger partial charge in [0, 0.05) is 24.2 Å². The van der Waals surface area contributed by atoms with Gasteiger partial charge in [-0.15, -0.1) is 0 Å². The molecule has 7 heteroatoms. The molecule has 0 bridgehead atoms. The van der Waals surface area contributed by atoms with Gasteiger partial charge >= 0.3 is 0 Å². The Kier molecular flexibility index (Phi) is 3.81. The number of aromatic nitrogens is 2. The third-order valence-corrected chi connectivity index (χ3v) is 4.96. The Labute approximate surface area is 150 Å². The lowest BCUT2D eigenvalue weighted by molar-refractivity contribution is 0.0750. The van der Waals surface area contributed by atoms with Crippen LogP contribution in [0.15, 0.2) is 18.2 Å². The van der Waals surface area contributed by atoms with Gasteiger partial charge in [0.25, 0.3) is 5.91 Å². The number of nitriles is 1. The summed E-state index contributed by atoms with van der Waals surface area (Å²) in [6.07, 6.45) is 1.17. The van der Waals surface area contributed by atoms with E-state index in [2.05, 4.69) is 14.9 Å². The van der Waals surface area contributed by atoms with Gasteiger partial charge in [-0.1, -0.05) is 11.6 Å². The average molecular weight is 354 g/mol. The Morgan fingerprint density at radius 1 is 1.28 bits per heavy atom. The van der Waals surface area contributed by atoms with Crippen LogP contribution in [0.25, 0.3) is 0 Å². The standard InChI is InChI=1S/C18H16ClN5O/c1-11-21-16-10-24(9-14(16)17(22-11)23-5-2-6-23)18(25)12-3-4-13(8-20)15(19)7-12/h3-4,7H,2,5-6,9-10H2,1H3. The maximum Gasteiger partial charge on any atom is 0.254 e. The minimum atomic E-state index is -0.114. The van der Waals surface area contributed by atoms with Gasteiger partial charge in [0.2, 0.25) is 0 Å². The highest BCUT2D eigenvalue weighted by Gasteiger charge is 2.31. The maximum atomic E-state index is 12.8. The molecule has 0 aliphatic carbocycles. The Balaban J connectivity index is 1.62. The molecule has 1 aromatic carbocycles. The SMILES string of the molecule is Cc1nc2c(c(N3CCC3)n1)CN(C(=O)c1ccc(C#N)c(Cl)c1)C2. The van der Waals surface area contributed by atoms with Crippen molar-refractivity contribution in [3.8, 4) is 6.07 Å². The van der Waals surface area contributed by atoms with Crippen molar-refractivity contribution in [1.82, 2.24) is 14.9 Å². The van der Waals surface area contributed by atoms with Gasteiger partial charge in [-0.25, -0.2) is 9.97 Å². The average Bonchev–Trinajstić information content (AvgIpc) is 2.96. The van der Waals surface area contributed by atoms with Crippen LogP contribution in [0.4, 0.5) is 5.82 Å². The molecular weight excluding hydrogens is 338 g/mol. The lowest BCUT2D eigenvalue weighted by Gasteiger charge is -2.33. The van der Waals surface area contributed by atoms with E-state index in [1.807, 2.05) is 13.0 Å². The number of hydrogen-bond acceptors (Lipinski definition) is 5. The second-order valence-corrected chi connectivity index (χ2v) is 6.74. The number of anilines is 1. The van der Waals surface area contributed by atoms with E-state index in [9.17, 15) is 4.79 Å². The fourth-order valence-electron chi connectivity index (χ4n) is 3.21. The number of benzene rings is 1. The topological polar surface area (TPSA) is 73.1 Å². The summed E-state index contributed by atoms with van der Waals surface area (Å²) in [5.74, 6) is 1.58. The predicted molar refractivity (Wildman–Crippen MR) is 93.3 cm³/mol. The molecule has 0 N–H and O–H groups in total. The van der Waals surface area contributed by atoms with Crippen LogP contribution in [0.5, 0.6) is 0 Å². The highest BCUT2D eigenvalue weighted by atomic mass is 35.5. The molecule has 1 saturated heterocycles. The molecule has 0 atom stereocenters. The molecule has 126 valence electrons. The number of carbonyl (C=O) groups is 1. The van der Waals surface area contributed by atoms with E-state index in [1.54, 1.807) is 23.1 Å². The number of fused-ring (bicyclic) bond motifs is 1. The van der Waals surface area contributed by atoms with Crippen molar-refractivity contribution in [2.45, 2.75) is 26.4 Å². The van der Waals surface area contributed by atoms with Crippen molar-refractivity contribution < 1.29 is 4.79 Å². The van der Waals surface area contributed by atoms with Gasteiger partial charge in [-0.2, -0.15) is 5.26 Å². The summed E-state index contributed by atoms with van der Waals surface area (Å²) in [5, 5.41) is 9.26. The van der Waals surface area contributed by atoms with Crippen molar-refractivity contribution in [3.63, 3.8) is 0 Å². The third kappa shape index (κ3) is 2.71. The van der Waals surface area contributed by atoms with Gasteiger partial charge in [-0.3, -0.25) is 4.79 Å². The number of carbonyl (C=O) groups excluding carboxylic acids is 1. The zero-order valence-corrected chi connectivity index (χ0v) is 14.5. The number of amides is 1. The monoisotopic (exact) mass is 353 g/mol. The molecule has 6 nitrogen and oxygen atoms in total. The molecule has 2 aromatic rings. The fourth-order valence-corrected chi connectivity index (χ4v) is 3.44. The first-order valence-electron chi connectivity index (χ1n) is 8.17. The number of halogens is 1. The van der Waals surface area contributed by atoms with Gasteiger partial charge in [0.1, 0.15) is 17.7 Å². The Hall–Kier alpha value is -2.65. The fraction of sp³-hybridized carbons (Fsp3) is 0.333. The van der Waals surface area contributed by atoms with E-state index < -0.39 is 0 Å². The number of hydrogen-bond donors (Lipinski definition) is 0. The third-order valence-electron chi connectivity index (χ3n) is 4.65. The molecule has 4 rings (SSSR count). The maximum absolute atomic E-state index is 12.8. The first-order chi connectivity index (χ1) is 12.1. The minimum Gasteiger partial charge on any atom is -0.356 e. The second-order valence-electron chi connectivity index (χ2n) is 6.33. The van der Waals surface area contributed by atoms with Gasteiger partial charge in [0.05, 0.1) is 29.4 Å². The van der Waals surface area contributed by atoms with Crippen molar-refractivity contribution in [2.24, 2.45) is 0 Å². The number of nitrogens with zero attached hydrogens (tertiary/aromatic N) is 5. The minimum absolute atomic E-state index is 0.114. The lowest BCUT2D eigenvalue weighted by atomic mass is 10.1. The molecule has 1 aromatic heterocycles. The molecule has 3 heterocycles. The molecule has 2 aliphatic rings. The summed E-state index contributed by atoms with van der Waals surface area (Å²) in [6, 6.07) is 6.78. The second kappa shape index (κ2) is 6.01. The summed E-state index contributed by atoms with van der Waals surface area (Å²) in [6.45, 7) is 4.85. The summed E-state index contributed by atoms with van der Waals surface area (Å²) >= 11 is 6.06. The van der Waals surface area contributed by atoms with Gasteiger partial charge < -0.3 is 9.80 Å². The van der Waals surface area contributed by atoms with E-state index in [0.29, 0.717) is 29.2 Å². The first kappa shape index (κ1) is 15.9. The first-order valence-corrected chi connectivity index (χ1v) is 8.55. The van der Waals surface area contributed by atoms with Crippen molar-refractivity contribution in [2.75, 3.05) is 18.0 Å². The molecule has 0 radical (unpaired) electrons. The van der Waals surface area contributed by atoms with Crippen LogP contribution >= 0.6 is 11.6 Å². The van der Waals surface area contributed by atoms with Crippen LogP contribution < -0.4 is 4.90 Å². The van der Waals surface area contributed by atoms with E-state index in [-0.39, 0.29) is 5.91 Å². The summed E-state index contributed by atoms with van der Waals surface area (Å²) in [7, 11) is 0. The van der Waals surface area contributed by atoms with Crippen LogP contribution in [-0.4, -0.2) is 33.9 Å². The van der Waals surface area contributed by atoms with Crippen LogP contribution in [0.1, 0.15) is 39.4 Å².